The van der Waals surface area contributed by atoms with Crippen molar-refractivity contribution in [1.82, 2.24) is 15.1 Å². The summed E-state index contributed by atoms with van der Waals surface area (Å²) in [6.07, 6.45) is 0. The molecule has 0 aromatic rings. The highest BCUT2D eigenvalue weighted by molar-refractivity contribution is 5.85. The summed E-state index contributed by atoms with van der Waals surface area (Å²) in [5.41, 5.74) is 5.24. The molecule has 0 saturated carbocycles. The maximum absolute atomic E-state index is 11.1. The molecule has 0 bridgehead atoms. The van der Waals surface area contributed by atoms with Crippen LogP contribution in [0.3, 0.4) is 0 Å². The van der Waals surface area contributed by atoms with Gasteiger partial charge in [0.15, 0.2) is 0 Å². The largest absolute Gasteiger partial charge is 0.368 e. The zero-order valence-electron chi connectivity index (χ0n) is 9.90. The Labute approximate surface area is 95.8 Å². The quantitative estimate of drug-likeness (QED) is 0.596. The molecular formula is C10H20N4O2. The van der Waals surface area contributed by atoms with Gasteiger partial charge in [0.25, 0.3) is 0 Å². The first-order valence-corrected chi connectivity index (χ1v) is 5.46. The van der Waals surface area contributed by atoms with Crippen LogP contribution in [0.1, 0.15) is 6.92 Å². The van der Waals surface area contributed by atoms with Gasteiger partial charge in [-0.05, 0) is 7.05 Å². The third-order valence-electron chi connectivity index (χ3n) is 2.76. The molecule has 0 aromatic carbocycles. The average Bonchev–Trinajstić information content (AvgIpc) is 2.19. The van der Waals surface area contributed by atoms with Crippen molar-refractivity contribution in [3.8, 4) is 0 Å². The monoisotopic (exact) mass is 228 g/mol. The molecule has 6 nitrogen and oxygen atoms in total. The Balaban J connectivity index is 2.42. The van der Waals surface area contributed by atoms with Gasteiger partial charge in [0.1, 0.15) is 6.04 Å². The van der Waals surface area contributed by atoms with Crippen LogP contribution in [0.2, 0.25) is 0 Å². The molecule has 1 unspecified atom stereocenters. The number of amides is 2. The SMILES string of the molecule is CC(=O)NC(CN1CCN(C)CC1)C(N)=O. The molecule has 1 fully saturated rings. The van der Waals surface area contributed by atoms with Gasteiger partial charge in [-0.2, -0.15) is 0 Å². The first kappa shape index (κ1) is 12.9. The van der Waals surface area contributed by atoms with Crippen molar-refractivity contribution < 1.29 is 9.59 Å². The normalized spacial score (nSPS) is 20.4. The summed E-state index contributed by atoms with van der Waals surface area (Å²) in [6, 6.07) is -0.582. The summed E-state index contributed by atoms with van der Waals surface area (Å²) in [4.78, 5) is 26.4. The molecule has 16 heavy (non-hydrogen) atoms. The van der Waals surface area contributed by atoms with E-state index in [1.54, 1.807) is 0 Å². The molecule has 1 atom stereocenters. The molecule has 6 heteroatoms. The maximum atomic E-state index is 11.1. The van der Waals surface area contributed by atoms with Crippen molar-refractivity contribution in [3.63, 3.8) is 0 Å². The number of piperazine rings is 1. The molecule has 0 spiro atoms. The highest BCUT2D eigenvalue weighted by atomic mass is 16.2. The molecule has 0 aromatic heterocycles. The highest BCUT2D eigenvalue weighted by Crippen LogP contribution is 2.00. The van der Waals surface area contributed by atoms with Crippen molar-refractivity contribution >= 4 is 11.8 Å². The van der Waals surface area contributed by atoms with Crippen LogP contribution < -0.4 is 11.1 Å². The third kappa shape index (κ3) is 4.16. The number of carbonyl (C=O) groups excluding carboxylic acids is 2. The highest BCUT2D eigenvalue weighted by Gasteiger charge is 2.22. The van der Waals surface area contributed by atoms with Crippen LogP contribution in [0, 0.1) is 0 Å². The van der Waals surface area contributed by atoms with E-state index >= 15 is 0 Å². The van der Waals surface area contributed by atoms with Gasteiger partial charge in [-0.15, -0.1) is 0 Å². The van der Waals surface area contributed by atoms with Crippen LogP contribution in [-0.4, -0.2) is 67.4 Å². The molecule has 0 aliphatic carbocycles. The fourth-order valence-corrected chi connectivity index (χ4v) is 1.74. The Morgan fingerprint density at radius 1 is 1.31 bits per heavy atom. The summed E-state index contributed by atoms with van der Waals surface area (Å²) in [5.74, 6) is -0.702. The van der Waals surface area contributed by atoms with Gasteiger partial charge in [-0.25, -0.2) is 0 Å². The van der Waals surface area contributed by atoms with E-state index in [0.29, 0.717) is 6.54 Å². The summed E-state index contributed by atoms with van der Waals surface area (Å²) < 4.78 is 0. The Kier molecular flexibility index (Phi) is 4.70. The Bertz CT molecular complexity index is 262. The van der Waals surface area contributed by atoms with Gasteiger partial charge in [-0.1, -0.05) is 0 Å². The molecule has 1 heterocycles. The van der Waals surface area contributed by atoms with Crippen molar-refractivity contribution in [2.45, 2.75) is 13.0 Å². The van der Waals surface area contributed by atoms with E-state index in [1.165, 1.54) is 6.92 Å². The zero-order valence-corrected chi connectivity index (χ0v) is 9.90. The predicted molar refractivity (Wildman–Crippen MR) is 60.7 cm³/mol. The number of primary amides is 1. The van der Waals surface area contributed by atoms with Crippen molar-refractivity contribution in [3.05, 3.63) is 0 Å². The average molecular weight is 228 g/mol. The molecule has 92 valence electrons. The number of hydrogen-bond acceptors (Lipinski definition) is 4. The molecule has 1 aliphatic heterocycles. The second-order valence-electron chi connectivity index (χ2n) is 4.26. The number of hydrogen-bond donors (Lipinski definition) is 2. The predicted octanol–water partition coefficient (Wildman–Crippen LogP) is -1.78. The number of carbonyl (C=O) groups is 2. The van der Waals surface area contributed by atoms with Crippen LogP contribution in [0.15, 0.2) is 0 Å². The first-order chi connectivity index (χ1) is 7.49. The van der Waals surface area contributed by atoms with Gasteiger partial charge >= 0.3 is 0 Å². The zero-order chi connectivity index (χ0) is 12.1. The lowest BCUT2D eigenvalue weighted by Crippen LogP contribution is -2.54. The van der Waals surface area contributed by atoms with Crippen LogP contribution in [0.5, 0.6) is 0 Å². The van der Waals surface area contributed by atoms with E-state index in [0.717, 1.165) is 26.2 Å². The van der Waals surface area contributed by atoms with Gasteiger partial charge in [0.2, 0.25) is 11.8 Å². The number of nitrogens with two attached hydrogens (primary N) is 1. The van der Waals surface area contributed by atoms with Crippen molar-refractivity contribution in [2.75, 3.05) is 39.8 Å². The van der Waals surface area contributed by atoms with Gasteiger partial charge in [-0.3, -0.25) is 14.5 Å². The lowest BCUT2D eigenvalue weighted by Gasteiger charge is -2.33. The summed E-state index contributed by atoms with van der Waals surface area (Å²) in [6.45, 7) is 5.65. The van der Waals surface area contributed by atoms with E-state index in [2.05, 4.69) is 22.2 Å². The standard InChI is InChI=1S/C10H20N4O2/c1-8(15)12-9(10(11)16)7-14-5-3-13(2)4-6-14/h9H,3-7H2,1-2H3,(H2,11,16)(H,12,15). The molecule has 1 aliphatic rings. The molecule has 3 N–H and O–H groups in total. The molecule has 0 radical (unpaired) electrons. The van der Waals surface area contributed by atoms with Crippen molar-refractivity contribution in [2.24, 2.45) is 5.73 Å². The fourth-order valence-electron chi connectivity index (χ4n) is 1.74. The number of nitrogens with zero attached hydrogens (tertiary/aromatic N) is 2. The minimum atomic E-state index is -0.582. The minimum Gasteiger partial charge on any atom is -0.368 e. The summed E-state index contributed by atoms with van der Waals surface area (Å²) in [5, 5.41) is 2.57. The van der Waals surface area contributed by atoms with Crippen molar-refractivity contribution in [1.29, 1.82) is 0 Å². The van der Waals surface area contributed by atoms with E-state index < -0.39 is 11.9 Å². The second kappa shape index (κ2) is 5.81. The van der Waals surface area contributed by atoms with E-state index in [1.807, 2.05) is 0 Å². The number of likely N-dealkylation sites (N-methyl/N-ethyl adjacent to an activating group) is 1. The van der Waals surface area contributed by atoms with E-state index in [4.69, 9.17) is 5.73 Å². The van der Waals surface area contributed by atoms with Crippen LogP contribution in [-0.2, 0) is 9.59 Å². The lowest BCUT2D eigenvalue weighted by molar-refractivity contribution is -0.126. The van der Waals surface area contributed by atoms with E-state index in [9.17, 15) is 9.59 Å². The molecule has 2 amide bonds. The Morgan fingerprint density at radius 3 is 2.31 bits per heavy atom. The number of nitrogens with one attached hydrogen (secondary N) is 1. The van der Waals surface area contributed by atoms with Crippen LogP contribution in [0.4, 0.5) is 0 Å². The lowest BCUT2D eigenvalue weighted by atomic mass is 10.2. The molecule has 1 saturated heterocycles. The maximum Gasteiger partial charge on any atom is 0.241 e. The van der Waals surface area contributed by atoms with Gasteiger partial charge in [0.05, 0.1) is 0 Å². The summed E-state index contributed by atoms with van der Waals surface area (Å²) >= 11 is 0. The van der Waals surface area contributed by atoms with Gasteiger partial charge in [0, 0.05) is 39.6 Å². The van der Waals surface area contributed by atoms with E-state index in [-0.39, 0.29) is 5.91 Å². The minimum absolute atomic E-state index is 0.224. The molecular weight excluding hydrogens is 208 g/mol. The fraction of sp³-hybridized carbons (Fsp3) is 0.800. The first-order valence-electron chi connectivity index (χ1n) is 5.46. The van der Waals surface area contributed by atoms with Gasteiger partial charge < -0.3 is 16.0 Å². The topological polar surface area (TPSA) is 78.7 Å². The van der Waals surface area contributed by atoms with Crippen LogP contribution >= 0.6 is 0 Å². The smallest absolute Gasteiger partial charge is 0.241 e. The molecule has 1 rings (SSSR count). The Hall–Kier alpha value is -1.14. The third-order valence-corrected chi connectivity index (χ3v) is 2.76. The Morgan fingerprint density at radius 2 is 1.88 bits per heavy atom. The second-order valence-corrected chi connectivity index (χ2v) is 4.26. The number of rotatable bonds is 4. The van der Waals surface area contributed by atoms with Crippen LogP contribution in [0.25, 0.3) is 0 Å². The summed E-state index contributed by atoms with van der Waals surface area (Å²) in [7, 11) is 2.07.